The standard InChI is InChI=1S/C19H38N4O2/c1-19(2,23-11-14-24-15-12-23)16-22-18(20-3)21-10-13-25-17-8-6-4-5-7-9-17/h17H,4-16H2,1-3H3,(H2,20,21,22). The van der Waals surface area contributed by atoms with E-state index >= 15 is 0 Å². The minimum absolute atomic E-state index is 0.0816. The van der Waals surface area contributed by atoms with Crippen molar-refractivity contribution in [1.29, 1.82) is 0 Å². The van der Waals surface area contributed by atoms with Gasteiger partial charge in [-0.2, -0.15) is 0 Å². The number of guanidine groups is 1. The van der Waals surface area contributed by atoms with Crippen molar-refractivity contribution in [1.82, 2.24) is 15.5 Å². The fourth-order valence-corrected chi connectivity index (χ4v) is 3.60. The molecule has 0 aromatic rings. The molecule has 1 heterocycles. The molecular formula is C19H38N4O2. The summed E-state index contributed by atoms with van der Waals surface area (Å²) in [5, 5.41) is 6.83. The van der Waals surface area contributed by atoms with Crippen LogP contribution >= 0.6 is 0 Å². The molecule has 0 aromatic heterocycles. The Kier molecular flexibility index (Phi) is 8.99. The van der Waals surface area contributed by atoms with Crippen molar-refractivity contribution in [3.63, 3.8) is 0 Å². The Labute approximate surface area is 153 Å². The minimum Gasteiger partial charge on any atom is -0.379 e. The highest BCUT2D eigenvalue weighted by Crippen LogP contribution is 2.19. The topological polar surface area (TPSA) is 58.1 Å². The monoisotopic (exact) mass is 354 g/mol. The summed E-state index contributed by atoms with van der Waals surface area (Å²) in [4.78, 5) is 6.81. The Hall–Kier alpha value is -0.850. The van der Waals surface area contributed by atoms with E-state index in [4.69, 9.17) is 9.47 Å². The number of nitrogens with zero attached hydrogens (tertiary/aromatic N) is 2. The number of hydrogen-bond acceptors (Lipinski definition) is 4. The van der Waals surface area contributed by atoms with Crippen LogP contribution in [0.4, 0.5) is 0 Å². The zero-order valence-corrected chi connectivity index (χ0v) is 16.5. The van der Waals surface area contributed by atoms with Crippen LogP contribution in [-0.2, 0) is 9.47 Å². The summed E-state index contributed by atoms with van der Waals surface area (Å²) >= 11 is 0. The van der Waals surface area contributed by atoms with Gasteiger partial charge in [-0.25, -0.2) is 0 Å². The molecule has 0 atom stereocenters. The smallest absolute Gasteiger partial charge is 0.191 e. The van der Waals surface area contributed by atoms with Crippen molar-refractivity contribution >= 4 is 5.96 Å². The molecule has 0 unspecified atom stereocenters. The van der Waals surface area contributed by atoms with E-state index in [2.05, 4.69) is 34.4 Å². The molecule has 6 nitrogen and oxygen atoms in total. The first kappa shape index (κ1) is 20.5. The van der Waals surface area contributed by atoms with Crippen LogP contribution in [0, 0.1) is 0 Å². The third-order valence-electron chi connectivity index (χ3n) is 5.33. The van der Waals surface area contributed by atoms with Gasteiger partial charge in [-0.3, -0.25) is 9.89 Å². The summed E-state index contributed by atoms with van der Waals surface area (Å²) in [6.07, 6.45) is 8.28. The van der Waals surface area contributed by atoms with Crippen LogP contribution in [0.5, 0.6) is 0 Å². The van der Waals surface area contributed by atoms with Crippen LogP contribution in [0.2, 0.25) is 0 Å². The Bertz CT molecular complexity index is 387. The number of nitrogens with one attached hydrogen (secondary N) is 2. The molecule has 6 heteroatoms. The molecule has 1 saturated heterocycles. The quantitative estimate of drug-likeness (QED) is 0.317. The van der Waals surface area contributed by atoms with Gasteiger partial charge in [-0.05, 0) is 26.7 Å². The molecular weight excluding hydrogens is 316 g/mol. The average molecular weight is 355 g/mol. The molecule has 1 aliphatic heterocycles. The molecule has 0 spiro atoms. The van der Waals surface area contributed by atoms with E-state index in [-0.39, 0.29) is 5.54 Å². The maximum atomic E-state index is 6.03. The second kappa shape index (κ2) is 11.0. The number of hydrogen-bond donors (Lipinski definition) is 2. The Morgan fingerprint density at radius 2 is 1.80 bits per heavy atom. The molecule has 0 aromatic carbocycles. The highest BCUT2D eigenvalue weighted by Gasteiger charge is 2.28. The Balaban J connectivity index is 1.62. The molecule has 25 heavy (non-hydrogen) atoms. The molecule has 0 bridgehead atoms. The summed E-state index contributed by atoms with van der Waals surface area (Å²) in [6.45, 7) is 10.6. The maximum Gasteiger partial charge on any atom is 0.191 e. The first-order valence-electron chi connectivity index (χ1n) is 10.0. The van der Waals surface area contributed by atoms with E-state index in [9.17, 15) is 0 Å². The highest BCUT2D eigenvalue weighted by atomic mass is 16.5. The van der Waals surface area contributed by atoms with E-state index in [0.29, 0.717) is 6.10 Å². The molecule has 2 fully saturated rings. The second-order valence-corrected chi connectivity index (χ2v) is 7.75. The van der Waals surface area contributed by atoms with Crippen LogP contribution < -0.4 is 10.6 Å². The highest BCUT2D eigenvalue weighted by molar-refractivity contribution is 5.79. The average Bonchev–Trinajstić information content (AvgIpc) is 2.90. The van der Waals surface area contributed by atoms with E-state index in [0.717, 1.165) is 52.0 Å². The molecule has 1 saturated carbocycles. The largest absolute Gasteiger partial charge is 0.379 e. The number of ether oxygens (including phenoxy) is 2. The van der Waals surface area contributed by atoms with Crippen LogP contribution in [-0.4, -0.2) is 75.5 Å². The fraction of sp³-hybridized carbons (Fsp3) is 0.947. The molecule has 2 N–H and O–H groups in total. The first-order chi connectivity index (χ1) is 12.1. The predicted molar refractivity (Wildman–Crippen MR) is 103 cm³/mol. The molecule has 2 aliphatic rings. The van der Waals surface area contributed by atoms with Crippen molar-refractivity contribution in [2.75, 3.05) is 53.0 Å². The normalized spacial score (nSPS) is 21.8. The van der Waals surface area contributed by atoms with Crippen molar-refractivity contribution in [2.45, 2.75) is 64.0 Å². The van der Waals surface area contributed by atoms with Gasteiger partial charge >= 0.3 is 0 Å². The van der Waals surface area contributed by atoms with Crippen molar-refractivity contribution in [3.8, 4) is 0 Å². The van der Waals surface area contributed by atoms with Crippen molar-refractivity contribution in [3.05, 3.63) is 0 Å². The SMILES string of the molecule is CN=C(NCCOC1CCCCCC1)NCC(C)(C)N1CCOCC1. The minimum atomic E-state index is 0.0816. The van der Waals surface area contributed by atoms with Gasteiger partial charge in [0.05, 0.1) is 25.9 Å². The van der Waals surface area contributed by atoms with E-state index < -0.39 is 0 Å². The third kappa shape index (κ3) is 7.50. The molecule has 1 aliphatic carbocycles. The van der Waals surface area contributed by atoms with Gasteiger partial charge in [-0.1, -0.05) is 25.7 Å². The molecule has 0 radical (unpaired) electrons. The van der Waals surface area contributed by atoms with Crippen LogP contribution in [0.1, 0.15) is 52.4 Å². The fourth-order valence-electron chi connectivity index (χ4n) is 3.60. The lowest BCUT2D eigenvalue weighted by Gasteiger charge is -2.41. The van der Waals surface area contributed by atoms with Gasteiger partial charge in [0.2, 0.25) is 0 Å². The summed E-state index contributed by atoms with van der Waals surface area (Å²) in [6, 6.07) is 0. The van der Waals surface area contributed by atoms with E-state index in [1.807, 2.05) is 7.05 Å². The molecule has 2 rings (SSSR count). The summed E-state index contributed by atoms with van der Waals surface area (Å²) in [7, 11) is 1.82. The summed E-state index contributed by atoms with van der Waals surface area (Å²) in [5.41, 5.74) is 0.0816. The van der Waals surface area contributed by atoms with E-state index in [1.165, 1.54) is 38.5 Å². The van der Waals surface area contributed by atoms with Gasteiger partial charge in [0.25, 0.3) is 0 Å². The van der Waals surface area contributed by atoms with E-state index in [1.54, 1.807) is 0 Å². The number of rotatable bonds is 7. The van der Waals surface area contributed by atoms with Gasteiger partial charge < -0.3 is 20.1 Å². The Morgan fingerprint density at radius 3 is 2.44 bits per heavy atom. The van der Waals surface area contributed by atoms with Crippen molar-refractivity contribution in [2.24, 2.45) is 4.99 Å². The molecule has 0 amide bonds. The zero-order chi connectivity index (χ0) is 18.0. The summed E-state index contributed by atoms with van der Waals surface area (Å²) < 4.78 is 11.5. The Morgan fingerprint density at radius 1 is 1.12 bits per heavy atom. The lowest BCUT2D eigenvalue weighted by Crippen LogP contribution is -2.56. The van der Waals surface area contributed by atoms with Gasteiger partial charge in [0, 0.05) is 38.8 Å². The first-order valence-corrected chi connectivity index (χ1v) is 10.0. The van der Waals surface area contributed by atoms with Gasteiger partial charge in [0.15, 0.2) is 5.96 Å². The third-order valence-corrected chi connectivity index (χ3v) is 5.33. The second-order valence-electron chi connectivity index (χ2n) is 7.75. The zero-order valence-electron chi connectivity index (χ0n) is 16.5. The molecule has 146 valence electrons. The number of morpholine rings is 1. The van der Waals surface area contributed by atoms with Gasteiger partial charge in [0.1, 0.15) is 0 Å². The number of aliphatic imine (C=N–C) groups is 1. The predicted octanol–water partition coefficient (Wildman–Crippen LogP) is 2.00. The van der Waals surface area contributed by atoms with Crippen LogP contribution in [0.25, 0.3) is 0 Å². The van der Waals surface area contributed by atoms with Crippen molar-refractivity contribution < 1.29 is 9.47 Å². The lowest BCUT2D eigenvalue weighted by molar-refractivity contribution is -0.00835. The van der Waals surface area contributed by atoms with Crippen LogP contribution in [0.3, 0.4) is 0 Å². The van der Waals surface area contributed by atoms with Crippen LogP contribution in [0.15, 0.2) is 4.99 Å². The summed E-state index contributed by atoms with van der Waals surface area (Å²) in [5.74, 6) is 0.853. The van der Waals surface area contributed by atoms with Gasteiger partial charge in [-0.15, -0.1) is 0 Å². The maximum absolute atomic E-state index is 6.03. The lowest BCUT2D eigenvalue weighted by atomic mass is 10.0.